The van der Waals surface area contributed by atoms with Crippen LogP contribution in [0.3, 0.4) is 0 Å². The molecule has 1 aliphatic rings. The third-order valence-corrected chi connectivity index (χ3v) is 7.31. The van der Waals surface area contributed by atoms with Crippen LogP contribution in [0.5, 0.6) is 0 Å². The van der Waals surface area contributed by atoms with E-state index in [9.17, 15) is 0 Å². The molecule has 74 valence electrons. The van der Waals surface area contributed by atoms with E-state index in [2.05, 4.69) is 41.9 Å². The Labute approximate surface area is 79.9 Å². The quantitative estimate of drug-likeness (QED) is 0.704. The summed E-state index contributed by atoms with van der Waals surface area (Å²) >= 11 is -1.45. The summed E-state index contributed by atoms with van der Waals surface area (Å²) in [5.41, 5.74) is 1.64. The monoisotopic (exact) mass is 347 g/mol. The molecule has 1 heteroatoms. The summed E-state index contributed by atoms with van der Waals surface area (Å²) in [5, 5.41) is 7.45. The van der Waals surface area contributed by atoms with Gasteiger partial charge in [0.25, 0.3) is 0 Å². The van der Waals surface area contributed by atoms with Gasteiger partial charge < -0.3 is 0 Å². The van der Waals surface area contributed by atoms with Crippen LogP contribution >= 0.6 is 0 Å². The van der Waals surface area contributed by atoms with Crippen LogP contribution in [0.2, 0.25) is 15.9 Å². The van der Waals surface area contributed by atoms with Crippen molar-refractivity contribution in [1.29, 1.82) is 0 Å². The minimum absolute atomic E-state index is 0.724. The van der Waals surface area contributed by atoms with E-state index in [1.807, 2.05) is 0 Å². The Morgan fingerprint density at radius 2 is 1.83 bits per heavy atom. The van der Waals surface area contributed by atoms with E-state index in [0.717, 1.165) is 5.92 Å². The van der Waals surface area contributed by atoms with Gasteiger partial charge in [-0.15, -0.1) is 0 Å². The maximum absolute atomic E-state index is 2.48. The van der Waals surface area contributed by atoms with Crippen molar-refractivity contribution in [3.63, 3.8) is 0 Å². The molecule has 0 saturated carbocycles. The molecule has 0 fully saturated rings. The van der Waals surface area contributed by atoms with E-state index in [1.165, 1.54) is 6.42 Å². The van der Waals surface area contributed by atoms with E-state index >= 15 is 0 Å². The Bertz CT molecular complexity index is 226. The van der Waals surface area contributed by atoms with E-state index in [4.69, 9.17) is 0 Å². The van der Waals surface area contributed by atoms with Crippen molar-refractivity contribution in [2.45, 2.75) is 36.2 Å². The third-order valence-electron chi connectivity index (χ3n) is 2.07. The summed E-state index contributed by atoms with van der Waals surface area (Å²) in [6.45, 7) is 4.61. The molecule has 0 amide bonds. The van der Waals surface area contributed by atoms with Crippen molar-refractivity contribution in [3.05, 3.63) is 21.7 Å². The topological polar surface area (TPSA) is 0 Å². The molecule has 0 unspecified atom stereocenters. The summed E-state index contributed by atoms with van der Waals surface area (Å²) in [5.74, 6) is 0.724. The first-order valence-corrected chi connectivity index (χ1v) is 12.1. The minimum atomic E-state index is -1.45. The zero-order valence-corrected chi connectivity index (χ0v) is 11.0. The van der Waals surface area contributed by atoms with Gasteiger partial charge in [0.2, 0.25) is 0 Å². The van der Waals surface area contributed by atoms with Gasteiger partial charge in [-0.1, -0.05) is 0 Å². The molecule has 0 nitrogen and oxygen atoms in total. The van der Waals surface area contributed by atoms with Crippen LogP contribution in [0.25, 0.3) is 0 Å². The van der Waals surface area contributed by atoms with Gasteiger partial charge in [-0.2, -0.15) is 0 Å². The summed E-state index contributed by atoms with van der Waals surface area (Å²) in [6.07, 6.45) is 5.92. The van der Waals surface area contributed by atoms with Gasteiger partial charge in [-0.25, -0.2) is 0 Å². The Hall–Kier alpha value is 0.168. The average Bonchev–Trinajstić information content (AvgIpc) is 2.30. The molecule has 0 heterocycles. The second-order valence-electron chi connectivity index (χ2n) is 4.01. The first-order valence-electron chi connectivity index (χ1n) is 4.18. The summed E-state index contributed by atoms with van der Waals surface area (Å²) in [7, 11) is 0. The van der Waals surface area contributed by atoms with Gasteiger partial charge in [0.1, 0.15) is 0 Å². The van der Waals surface area contributed by atoms with Crippen LogP contribution in [0.4, 0.5) is 0 Å². The molecular formula is C11H20Pt. The van der Waals surface area contributed by atoms with Crippen LogP contribution < -0.4 is 0 Å². The van der Waals surface area contributed by atoms with E-state index in [-0.39, 0.29) is 0 Å². The second-order valence-corrected chi connectivity index (χ2v) is 15.6. The Balaban J connectivity index is 2.97. The van der Waals surface area contributed by atoms with Gasteiger partial charge in [0, 0.05) is 0 Å². The third kappa shape index (κ3) is 2.10. The van der Waals surface area contributed by atoms with Crippen molar-refractivity contribution in [2.75, 3.05) is 0 Å². The molecular weight excluding hydrogens is 327 g/mol. The number of hydrogen-bond donors (Lipinski definition) is 0. The molecule has 0 aromatic rings. The molecule has 12 heavy (non-hydrogen) atoms. The maximum atomic E-state index is 2.48. The van der Waals surface area contributed by atoms with E-state index in [1.54, 1.807) is 9.54 Å². The van der Waals surface area contributed by atoms with Crippen LogP contribution in [-0.2, 0) is 16.1 Å². The Kier molecular flexibility index (Phi) is 2.99. The number of allylic oxidation sites excluding steroid dienone is 4. The molecule has 0 atom stereocenters. The van der Waals surface area contributed by atoms with Crippen LogP contribution in [-0.4, -0.2) is 0 Å². The van der Waals surface area contributed by atoms with Gasteiger partial charge in [-0.3, -0.25) is 0 Å². The molecule has 1 aliphatic carbocycles. The molecule has 1 rings (SSSR count). The molecule has 0 bridgehead atoms. The van der Waals surface area contributed by atoms with E-state index < -0.39 is 16.1 Å². The standard InChI is InChI=1S/C8H11.3CH3.Pt/c1-7(2)8-5-3-4-6-8;;;;/h3,5,7H,4H2,1-2H3;3*1H3;. The van der Waals surface area contributed by atoms with Gasteiger partial charge in [-0.05, 0) is 0 Å². The first kappa shape index (κ1) is 10.3. The summed E-state index contributed by atoms with van der Waals surface area (Å²) in [6, 6.07) is 0. The normalized spacial score (nSPS) is 19.5. The van der Waals surface area contributed by atoms with Crippen molar-refractivity contribution < 1.29 is 16.1 Å². The van der Waals surface area contributed by atoms with Crippen LogP contribution in [0, 0.1) is 5.92 Å². The zero-order valence-electron chi connectivity index (χ0n) is 8.76. The van der Waals surface area contributed by atoms with Crippen molar-refractivity contribution in [2.24, 2.45) is 5.92 Å². The van der Waals surface area contributed by atoms with E-state index in [0.29, 0.717) is 0 Å². The van der Waals surface area contributed by atoms with Crippen molar-refractivity contribution in [3.8, 4) is 0 Å². The molecule has 0 aromatic heterocycles. The predicted molar refractivity (Wildman–Crippen MR) is 53.2 cm³/mol. The van der Waals surface area contributed by atoms with Crippen LogP contribution in [0.1, 0.15) is 20.3 Å². The molecule has 0 N–H and O–H groups in total. The molecule has 0 radical (unpaired) electrons. The van der Waals surface area contributed by atoms with Crippen molar-refractivity contribution >= 4 is 0 Å². The number of hydrogen-bond acceptors (Lipinski definition) is 0. The van der Waals surface area contributed by atoms with Crippen molar-refractivity contribution in [1.82, 2.24) is 0 Å². The fraction of sp³-hybridized carbons (Fsp3) is 0.636. The Morgan fingerprint density at radius 1 is 1.25 bits per heavy atom. The fourth-order valence-corrected chi connectivity index (χ4v) is 5.91. The van der Waals surface area contributed by atoms with Gasteiger partial charge >= 0.3 is 79.9 Å². The predicted octanol–water partition coefficient (Wildman–Crippen LogP) is 4.15. The average molecular weight is 347 g/mol. The molecule has 0 spiro atoms. The van der Waals surface area contributed by atoms with Gasteiger partial charge in [0.15, 0.2) is 0 Å². The summed E-state index contributed by atoms with van der Waals surface area (Å²) < 4.78 is 1.80. The van der Waals surface area contributed by atoms with Gasteiger partial charge in [0.05, 0.1) is 0 Å². The molecule has 0 aromatic carbocycles. The second kappa shape index (κ2) is 3.50. The zero-order chi connectivity index (χ0) is 9.35. The molecule has 0 saturated heterocycles. The van der Waals surface area contributed by atoms with Crippen LogP contribution in [0.15, 0.2) is 21.7 Å². The first-order chi connectivity index (χ1) is 5.43. The fourth-order valence-electron chi connectivity index (χ4n) is 1.44. The Morgan fingerprint density at radius 3 is 2.17 bits per heavy atom. The summed E-state index contributed by atoms with van der Waals surface area (Å²) in [4.78, 5) is 0. The number of rotatable bonds is 2. The SMILES string of the molecule is CC(C)C1=[C]([Pt]([CH3])([CH3])[CH3])CC=C1. The molecule has 0 aliphatic heterocycles.